The predicted octanol–water partition coefficient (Wildman–Crippen LogP) is -1.03. The van der Waals surface area contributed by atoms with Gasteiger partial charge in [0.25, 0.3) is 0 Å². The average Bonchev–Trinajstić information content (AvgIpc) is 2.13. The van der Waals surface area contributed by atoms with Gasteiger partial charge in [0.1, 0.15) is 0 Å². The average molecular weight is 183 g/mol. The molecule has 0 aliphatic rings. The van der Waals surface area contributed by atoms with Gasteiger partial charge in [-0.15, -0.1) is 0 Å². The van der Waals surface area contributed by atoms with Crippen LogP contribution in [0, 0.1) is 0 Å². The first kappa shape index (κ1) is 9.44. The number of hydrogen-bond acceptors (Lipinski definition) is 5. The Morgan fingerprint density at radius 2 is 2.00 bits per heavy atom. The summed E-state index contributed by atoms with van der Waals surface area (Å²) in [6, 6.07) is 0. The number of anilines is 1. The molecule has 0 amide bonds. The Balaban J connectivity index is 2.72. The van der Waals surface area contributed by atoms with Crippen LogP contribution in [-0.2, 0) is 16.0 Å². The highest BCUT2D eigenvalue weighted by atomic mass is 16.5. The number of carbonyl (C=O) groups is 1. The van der Waals surface area contributed by atoms with Crippen LogP contribution in [0.4, 0.5) is 5.69 Å². The topological polar surface area (TPSA) is 86.5 Å². The lowest BCUT2D eigenvalue weighted by Crippen LogP contribution is -2.39. The molecule has 5 heteroatoms. The Morgan fingerprint density at radius 1 is 1.38 bits per heavy atom. The van der Waals surface area contributed by atoms with Gasteiger partial charge in [0.05, 0.1) is 18.7 Å². The number of carbonyl (C=O) groups excluding carboxylic acids is 1. The van der Waals surface area contributed by atoms with Crippen LogP contribution >= 0.6 is 0 Å². The van der Waals surface area contributed by atoms with Crippen molar-refractivity contribution in [1.29, 1.82) is 0 Å². The van der Waals surface area contributed by atoms with Crippen LogP contribution in [0.2, 0.25) is 0 Å². The zero-order chi connectivity index (χ0) is 10.0. The highest BCUT2D eigenvalue weighted by molar-refractivity contribution is 5.75. The van der Waals surface area contributed by atoms with Gasteiger partial charge in [-0.05, 0) is 6.92 Å². The molecule has 5 nitrogen and oxygen atoms in total. The van der Waals surface area contributed by atoms with Crippen molar-refractivity contribution < 1.29 is 9.53 Å². The zero-order valence-electron chi connectivity index (χ0n) is 7.12. The Hall–Kier alpha value is -1.65. The van der Waals surface area contributed by atoms with E-state index in [2.05, 4.69) is 4.74 Å². The summed E-state index contributed by atoms with van der Waals surface area (Å²) in [7, 11) is 0. The molecule has 1 aromatic carbocycles. The van der Waals surface area contributed by atoms with Gasteiger partial charge >= 0.3 is 5.97 Å². The summed E-state index contributed by atoms with van der Waals surface area (Å²) in [5.41, 5.74) is 3.78. The summed E-state index contributed by atoms with van der Waals surface area (Å²) >= 11 is 0. The second-order valence-electron chi connectivity index (χ2n) is 2.53. The maximum atomic E-state index is 10.9. The van der Waals surface area contributed by atoms with Crippen LogP contribution in [0.15, 0.2) is 9.59 Å². The van der Waals surface area contributed by atoms with Crippen LogP contribution in [0.5, 0.6) is 0 Å². The number of esters is 1. The van der Waals surface area contributed by atoms with E-state index < -0.39 is 16.8 Å². The van der Waals surface area contributed by atoms with E-state index in [9.17, 15) is 14.4 Å². The monoisotopic (exact) mass is 183 g/mol. The minimum absolute atomic E-state index is 0.0726. The molecule has 0 unspecified atom stereocenters. The Kier molecular flexibility index (Phi) is 2.46. The predicted molar refractivity (Wildman–Crippen MR) is 46.1 cm³/mol. The van der Waals surface area contributed by atoms with Gasteiger partial charge in [0.2, 0.25) is 10.9 Å². The molecule has 0 atom stereocenters. The Morgan fingerprint density at radius 3 is 2.46 bits per heavy atom. The van der Waals surface area contributed by atoms with E-state index >= 15 is 0 Å². The summed E-state index contributed by atoms with van der Waals surface area (Å²) in [5, 5.41) is 0. The molecule has 2 N–H and O–H groups in total. The number of rotatable bonds is 3. The molecule has 0 bridgehead atoms. The van der Waals surface area contributed by atoms with Gasteiger partial charge in [-0.2, -0.15) is 0 Å². The summed E-state index contributed by atoms with van der Waals surface area (Å²) in [6.45, 7) is 1.90. The van der Waals surface area contributed by atoms with Crippen molar-refractivity contribution in [3.63, 3.8) is 0 Å². The van der Waals surface area contributed by atoms with Gasteiger partial charge in [0, 0.05) is 5.56 Å². The van der Waals surface area contributed by atoms with Crippen molar-refractivity contribution in [2.45, 2.75) is 13.3 Å². The first-order valence-electron chi connectivity index (χ1n) is 3.81. The maximum absolute atomic E-state index is 10.9. The third kappa shape index (κ3) is 1.58. The summed E-state index contributed by atoms with van der Waals surface area (Å²) < 4.78 is 4.59. The number of ether oxygens (including phenoxy) is 1. The molecule has 1 rings (SSSR count). The van der Waals surface area contributed by atoms with E-state index in [-0.39, 0.29) is 24.3 Å². The van der Waals surface area contributed by atoms with Gasteiger partial charge in [0.15, 0.2) is 0 Å². The van der Waals surface area contributed by atoms with Crippen LogP contribution in [0.3, 0.4) is 0 Å². The Bertz CT molecular complexity index is 400. The molecule has 0 saturated carbocycles. The van der Waals surface area contributed by atoms with E-state index in [0.717, 1.165) is 0 Å². The van der Waals surface area contributed by atoms with Crippen LogP contribution in [0.25, 0.3) is 0 Å². The lowest BCUT2D eigenvalue weighted by Gasteiger charge is -2.05. The molecule has 70 valence electrons. The molecular formula is C8H9NO4. The first-order chi connectivity index (χ1) is 6.07. The third-order valence-corrected chi connectivity index (χ3v) is 1.68. The highest BCUT2D eigenvalue weighted by Gasteiger charge is 2.20. The number of nitrogens with two attached hydrogens (primary N) is 1. The van der Waals surface area contributed by atoms with Crippen molar-refractivity contribution in [3.05, 3.63) is 26.0 Å². The SMILES string of the molecule is CCOC(=O)Cc1c(N)c(=O)c1=O. The van der Waals surface area contributed by atoms with Gasteiger partial charge in [-0.1, -0.05) is 0 Å². The molecule has 0 aliphatic carbocycles. The van der Waals surface area contributed by atoms with Crippen molar-refractivity contribution in [2.75, 3.05) is 12.3 Å². The van der Waals surface area contributed by atoms with Gasteiger partial charge in [-0.3, -0.25) is 14.4 Å². The van der Waals surface area contributed by atoms with Crippen LogP contribution in [0.1, 0.15) is 12.5 Å². The molecule has 1 aromatic rings. The first-order valence-corrected chi connectivity index (χ1v) is 3.81. The highest BCUT2D eigenvalue weighted by Crippen LogP contribution is 2.03. The van der Waals surface area contributed by atoms with Gasteiger partial charge < -0.3 is 10.5 Å². The minimum Gasteiger partial charge on any atom is -0.466 e. The molecule has 0 aromatic heterocycles. The number of nitrogen functional groups attached to an aromatic ring is 1. The fraction of sp³-hybridized carbons (Fsp3) is 0.375. The van der Waals surface area contributed by atoms with Crippen molar-refractivity contribution >= 4 is 11.7 Å². The summed E-state index contributed by atoms with van der Waals surface area (Å²) in [4.78, 5) is 32.3. The zero-order valence-corrected chi connectivity index (χ0v) is 7.12. The van der Waals surface area contributed by atoms with E-state index in [4.69, 9.17) is 5.73 Å². The van der Waals surface area contributed by atoms with E-state index in [1.165, 1.54) is 0 Å². The standard InChI is InChI=1S/C8H9NO4/c1-2-13-5(10)3-4-6(9)8(12)7(4)11/h2-3,9H2,1H3. The molecule has 0 fully saturated rings. The molecule has 0 spiro atoms. The van der Waals surface area contributed by atoms with Crippen molar-refractivity contribution in [1.82, 2.24) is 0 Å². The van der Waals surface area contributed by atoms with Crippen LogP contribution < -0.4 is 16.6 Å². The Labute approximate surface area is 73.8 Å². The quantitative estimate of drug-likeness (QED) is 0.478. The largest absolute Gasteiger partial charge is 0.466 e. The molecule has 0 heterocycles. The normalized spacial score (nSPS) is 10.2. The summed E-state index contributed by atoms with van der Waals surface area (Å²) in [6.07, 6.45) is -0.204. The second-order valence-corrected chi connectivity index (χ2v) is 2.53. The lowest BCUT2D eigenvalue weighted by molar-refractivity contribution is -0.142. The third-order valence-electron chi connectivity index (χ3n) is 1.68. The molecule has 0 radical (unpaired) electrons. The van der Waals surface area contributed by atoms with Crippen LogP contribution in [-0.4, -0.2) is 12.6 Å². The summed E-state index contributed by atoms with van der Waals surface area (Å²) in [5.74, 6) is -0.540. The smallest absolute Gasteiger partial charge is 0.310 e. The van der Waals surface area contributed by atoms with Gasteiger partial charge in [-0.25, -0.2) is 0 Å². The minimum atomic E-state index is -0.709. The van der Waals surface area contributed by atoms with Crippen molar-refractivity contribution in [2.24, 2.45) is 0 Å². The molecule has 0 saturated heterocycles. The lowest BCUT2D eigenvalue weighted by atomic mass is 10.0. The van der Waals surface area contributed by atoms with E-state index in [1.54, 1.807) is 6.92 Å². The fourth-order valence-corrected chi connectivity index (χ4v) is 0.988. The molecular weight excluding hydrogens is 174 g/mol. The van der Waals surface area contributed by atoms with E-state index in [1.807, 2.05) is 0 Å². The second kappa shape index (κ2) is 3.38. The molecule has 13 heavy (non-hydrogen) atoms. The van der Waals surface area contributed by atoms with E-state index in [0.29, 0.717) is 0 Å². The number of hydrogen-bond donors (Lipinski definition) is 1. The maximum Gasteiger partial charge on any atom is 0.310 e. The fourth-order valence-electron chi connectivity index (χ4n) is 0.988. The molecule has 0 aliphatic heterocycles. The van der Waals surface area contributed by atoms with Crippen molar-refractivity contribution in [3.8, 4) is 0 Å².